The summed E-state index contributed by atoms with van der Waals surface area (Å²) >= 11 is 6.27. The van der Waals surface area contributed by atoms with E-state index in [-0.39, 0.29) is 12.6 Å². The summed E-state index contributed by atoms with van der Waals surface area (Å²) in [7, 11) is 2.00. The van der Waals surface area contributed by atoms with E-state index < -0.39 is 0 Å². The van der Waals surface area contributed by atoms with E-state index in [1.54, 1.807) is 6.20 Å². The Kier molecular flexibility index (Phi) is 4.63. The molecule has 0 saturated carbocycles. The van der Waals surface area contributed by atoms with Crippen LogP contribution in [0.1, 0.15) is 29.8 Å². The van der Waals surface area contributed by atoms with Crippen LogP contribution in [0.3, 0.4) is 0 Å². The van der Waals surface area contributed by atoms with Gasteiger partial charge in [-0.1, -0.05) is 29.8 Å². The van der Waals surface area contributed by atoms with E-state index >= 15 is 0 Å². The Morgan fingerprint density at radius 3 is 2.70 bits per heavy atom. The quantitative estimate of drug-likeness (QED) is 0.932. The Bertz CT molecular complexity index is 601. The molecule has 1 aromatic heterocycles. The molecule has 0 saturated heterocycles. The second-order valence-electron chi connectivity index (χ2n) is 4.92. The second kappa shape index (κ2) is 6.25. The van der Waals surface area contributed by atoms with Crippen molar-refractivity contribution in [1.82, 2.24) is 4.98 Å². The Morgan fingerprint density at radius 2 is 2.05 bits per heavy atom. The Hall–Kier alpha value is -1.58. The van der Waals surface area contributed by atoms with E-state index in [1.165, 1.54) is 0 Å². The van der Waals surface area contributed by atoms with Gasteiger partial charge in [-0.2, -0.15) is 0 Å². The van der Waals surface area contributed by atoms with Gasteiger partial charge in [-0.05, 0) is 31.5 Å². The third-order valence-electron chi connectivity index (χ3n) is 3.59. The van der Waals surface area contributed by atoms with Gasteiger partial charge in [-0.25, -0.2) is 0 Å². The van der Waals surface area contributed by atoms with Crippen molar-refractivity contribution in [3.63, 3.8) is 0 Å². The molecule has 1 atom stereocenters. The third kappa shape index (κ3) is 2.94. The summed E-state index contributed by atoms with van der Waals surface area (Å²) in [6.45, 7) is 4.01. The first-order valence-electron chi connectivity index (χ1n) is 6.58. The third-order valence-corrected chi connectivity index (χ3v) is 3.93. The highest BCUT2D eigenvalue weighted by Crippen LogP contribution is 2.31. The summed E-state index contributed by atoms with van der Waals surface area (Å²) in [5.74, 6) is 0. The number of benzene rings is 1. The Morgan fingerprint density at radius 1 is 1.35 bits per heavy atom. The van der Waals surface area contributed by atoms with Crippen LogP contribution in [0, 0.1) is 6.92 Å². The van der Waals surface area contributed by atoms with Gasteiger partial charge in [0.05, 0.1) is 12.6 Å². The molecule has 0 amide bonds. The Labute approximate surface area is 124 Å². The van der Waals surface area contributed by atoms with Crippen LogP contribution in [-0.4, -0.2) is 17.1 Å². The van der Waals surface area contributed by atoms with Gasteiger partial charge in [0.1, 0.15) is 0 Å². The number of aromatic nitrogens is 1. The van der Waals surface area contributed by atoms with Crippen molar-refractivity contribution >= 4 is 17.3 Å². The number of nitrogens with zero attached hydrogens (tertiary/aromatic N) is 2. The van der Waals surface area contributed by atoms with E-state index in [0.717, 1.165) is 27.5 Å². The minimum Gasteiger partial charge on any atom is -0.392 e. The molecule has 0 aliphatic heterocycles. The minimum atomic E-state index is -0.0256. The average molecular weight is 291 g/mol. The zero-order valence-corrected chi connectivity index (χ0v) is 12.7. The maximum Gasteiger partial charge on any atom is 0.0717 e. The van der Waals surface area contributed by atoms with Crippen LogP contribution in [0.4, 0.5) is 5.69 Å². The molecule has 1 unspecified atom stereocenters. The minimum absolute atomic E-state index is 0.0256. The van der Waals surface area contributed by atoms with Gasteiger partial charge >= 0.3 is 0 Å². The summed E-state index contributed by atoms with van der Waals surface area (Å²) < 4.78 is 0. The van der Waals surface area contributed by atoms with Crippen LogP contribution in [0.25, 0.3) is 0 Å². The SMILES string of the molecule is Cc1cc(N(C)C(C)c2ccccc2Cl)c(CO)cn1. The molecule has 1 heterocycles. The van der Waals surface area contributed by atoms with E-state index in [1.807, 2.05) is 44.3 Å². The van der Waals surface area contributed by atoms with Gasteiger partial charge in [0.15, 0.2) is 0 Å². The van der Waals surface area contributed by atoms with Crippen molar-refractivity contribution < 1.29 is 5.11 Å². The van der Waals surface area contributed by atoms with Gasteiger partial charge < -0.3 is 10.0 Å². The van der Waals surface area contributed by atoms with Crippen molar-refractivity contribution in [1.29, 1.82) is 0 Å². The van der Waals surface area contributed by atoms with Crippen LogP contribution in [0.2, 0.25) is 5.02 Å². The lowest BCUT2D eigenvalue weighted by Gasteiger charge is -2.29. The molecular weight excluding hydrogens is 272 g/mol. The maximum absolute atomic E-state index is 9.47. The van der Waals surface area contributed by atoms with Crippen molar-refractivity contribution in [2.24, 2.45) is 0 Å². The highest BCUT2D eigenvalue weighted by Gasteiger charge is 2.17. The first-order chi connectivity index (χ1) is 9.54. The number of aliphatic hydroxyl groups is 1. The first kappa shape index (κ1) is 14.8. The topological polar surface area (TPSA) is 36.4 Å². The lowest BCUT2D eigenvalue weighted by molar-refractivity contribution is 0.281. The van der Waals surface area contributed by atoms with Gasteiger partial charge in [-0.15, -0.1) is 0 Å². The van der Waals surface area contributed by atoms with Crippen LogP contribution in [0.5, 0.6) is 0 Å². The predicted octanol–water partition coefficient (Wildman–Crippen LogP) is 3.73. The summed E-state index contributed by atoms with van der Waals surface area (Å²) in [5, 5.41) is 10.2. The van der Waals surface area contributed by atoms with Crippen LogP contribution >= 0.6 is 11.6 Å². The number of rotatable bonds is 4. The molecule has 0 aliphatic rings. The highest BCUT2D eigenvalue weighted by atomic mass is 35.5. The van der Waals surface area contributed by atoms with Crippen molar-refractivity contribution in [2.75, 3.05) is 11.9 Å². The van der Waals surface area contributed by atoms with Crippen LogP contribution in [0.15, 0.2) is 36.5 Å². The fourth-order valence-electron chi connectivity index (χ4n) is 2.26. The molecule has 1 N–H and O–H groups in total. The Balaban J connectivity index is 2.38. The normalized spacial score (nSPS) is 12.2. The van der Waals surface area contributed by atoms with Crippen LogP contribution < -0.4 is 4.90 Å². The number of anilines is 1. The zero-order chi connectivity index (χ0) is 14.7. The number of hydrogen-bond acceptors (Lipinski definition) is 3. The number of hydrogen-bond donors (Lipinski definition) is 1. The first-order valence-corrected chi connectivity index (χ1v) is 6.96. The molecule has 2 aromatic rings. The highest BCUT2D eigenvalue weighted by molar-refractivity contribution is 6.31. The van der Waals surface area contributed by atoms with E-state index in [4.69, 9.17) is 11.6 Å². The lowest BCUT2D eigenvalue weighted by Crippen LogP contribution is -2.23. The molecular formula is C16H19ClN2O. The van der Waals surface area contributed by atoms with Crippen molar-refractivity contribution in [3.8, 4) is 0 Å². The molecule has 4 heteroatoms. The monoisotopic (exact) mass is 290 g/mol. The van der Waals surface area contributed by atoms with Gasteiger partial charge in [-0.3, -0.25) is 4.98 Å². The standard InChI is InChI=1S/C16H19ClN2O/c1-11-8-16(13(10-20)9-18-11)19(3)12(2)14-6-4-5-7-15(14)17/h4-9,12,20H,10H2,1-3H3. The van der Waals surface area contributed by atoms with E-state index in [0.29, 0.717) is 0 Å². The van der Waals surface area contributed by atoms with Crippen LogP contribution in [-0.2, 0) is 6.61 Å². The maximum atomic E-state index is 9.47. The van der Waals surface area contributed by atoms with Crippen molar-refractivity contribution in [3.05, 3.63) is 58.4 Å². The molecule has 3 nitrogen and oxygen atoms in total. The molecule has 2 rings (SSSR count). The summed E-state index contributed by atoms with van der Waals surface area (Å²) in [4.78, 5) is 6.34. The van der Waals surface area contributed by atoms with E-state index in [9.17, 15) is 5.11 Å². The molecule has 0 radical (unpaired) electrons. The van der Waals surface area contributed by atoms with Gasteiger partial charge in [0.25, 0.3) is 0 Å². The summed E-state index contributed by atoms with van der Waals surface area (Å²) in [6, 6.07) is 9.92. The fourth-order valence-corrected chi connectivity index (χ4v) is 2.55. The summed E-state index contributed by atoms with van der Waals surface area (Å²) in [5.41, 5.74) is 3.79. The molecule has 0 aliphatic carbocycles. The largest absolute Gasteiger partial charge is 0.392 e. The van der Waals surface area contributed by atoms with E-state index in [2.05, 4.69) is 16.8 Å². The smallest absolute Gasteiger partial charge is 0.0717 e. The van der Waals surface area contributed by atoms with Gasteiger partial charge in [0.2, 0.25) is 0 Å². The molecule has 0 bridgehead atoms. The van der Waals surface area contributed by atoms with Gasteiger partial charge in [0, 0.05) is 35.2 Å². The number of halogens is 1. The number of aliphatic hydroxyl groups excluding tert-OH is 1. The molecule has 106 valence electrons. The molecule has 0 fully saturated rings. The van der Waals surface area contributed by atoms with Crippen molar-refractivity contribution in [2.45, 2.75) is 26.5 Å². The predicted molar refractivity (Wildman–Crippen MR) is 83.2 cm³/mol. The number of pyridine rings is 1. The lowest BCUT2D eigenvalue weighted by atomic mass is 10.1. The second-order valence-corrected chi connectivity index (χ2v) is 5.33. The molecule has 0 spiro atoms. The molecule has 20 heavy (non-hydrogen) atoms. The zero-order valence-electron chi connectivity index (χ0n) is 12.0. The molecule has 1 aromatic carbocycles. The number of aryl methyl sites for hydroxylation is 1. The average Bonchev–Trinajstić information content (AvgIpc) is 2.46. The fraction of sp³-hybridized carbons (Fsp3) is 0.312. The summed E-state index contributed by atoms with van der Waals surface area (Å²) in [6.07, 6.45) is 1.72.